The number of hydrogen-bond donors (Lipinski definition) is 1. The van der Waals surface area contributed by atoms with Gasteiger partial charge in [-0.25, -0.2) is 9.07 Å². The number of nitrogens with zero attached hydrogens (tertiary/aromatic N) is 3. The second kappa shape index (κ2) is 8.35. The molecule has 0 spiro atoms. The minimum absolute atomic E-state index is 0.242. The molecule has 7 heteroatoms. The minimum Gasteiger partial charge on any atom is -0.345 e. The number of benzene rings is 2. The molecule has 0 aliphatic carbocycles. The van der Waals surface area contributed by atoms with Gasteiger partial charge in [-0.2, -0.15) is 5.10 Å². The van der Waals surface area contributed by atoms with Gasteiger partial charge in [0, 0.05) is 34.8 Å². The Hall–Kier alpha value is -3.45. The Morgan fingerprint density at radius 1 is 1.13 bits per heavy atom. The van der Waals surface area contributed by atoms with E-state index in [0.29, 0.717) is 11.3 Å². The van der Waals surface area contributed by atoms with Crippen molar-refractivity contribution in [2.75, 3.05) is 5.75 Å². The lowest BCUT2D eigenvalue weighted by Crippen LogP contribution is -2.30. The van der Waals surface area contributed by atoms with Crippen LogP contribution in [0.5, 0.6) is 0 Å². The van der Waals surface area contributed by atoms with Crippen molar-refractivity contribution in [1.29, 1.82) is 0 Å². The van der Waals surface area contributed by atoms with Crippen molar-refractivity contribution < 1.29 is 9.18 Å². The number of amides is 1. The minimum atomic E-state index is -0.298. The lowest BCUT2D eigenvalue weighted by atomic mass is 10.0. The van der Waals surface area contributed by atoms with E-state index in [1.54, 1.807) is 41.1 Å². The summed E-state index contributed by atoms with van der Waals surface area (Å²) >= 11 is 1.68. The van der Waals surface area contributed by atoms with Crippen molar-refractivity contribution in [3.05, 3.63) is 96.2 Å². The Kier molecular flexibility index (Phi) is 5.26. The van der Waals surface area contributed by atoms with Crippen LogP contribution in [-0.2, 0) is 0 Å². The lowest BCUT2D eigenvalue weighted by molar-refractivity contribution is 0.0935. The number of rotatable bonds is 4. The van der Waals surface area contributed by atoms with Crippen molar-refractivity contribution in [3.8, 4) is 16.9 Å². The third-order valence-corrected chi connectivity index (χ3v) is 6.35. The zero-order chi connectivity index (χ0) is 21.2. The first kappa shape index (κ1) is 19.5. The van der Waals surface area contributed by atoms with E-state index in [9.17, 15) is 9.18 Å². The average molecular weight is 431 g/mol. The number of thioether (sulfide) groups is 1. The van der Waals surface area contributed by atoms with Crippen LogP contribution in [0.4, 0.5) is 4.39 Å². The van der Waals surface area contributed by atoms with Crippen LogP contribution in [0, 0.1) is 5.82 Å². The van der Waals surface area contributed by atoms with E-state index in [1.165, 1.54) is 12.1 Å². The molecule has 0 saturated carbocycles. The van der Waals surface area contributed by atoms with Gasteiger partial charge in [0.2, 0.25) is 0 Å². The SMILES string of the molecule is O=C(N[C@H]1CCSc2ccc(F)cc21)c1cn(-c2ccccc2)nc1-c1cccnc1. The molecule has 5 rings (SSSR count). The molecule has 3 heterocycles. The average Bonchev–Trinajstić information content (AvgIpc) is 3.26. The highest BCUT2D eigenvalue weighted by atomic mass is 32.2. The zero-order valence-electron chi connectivity index (χ0n) is 16.5. The fraction of sp³-hybridized carbons (Fsp3) is 0.125. The molecule has 5 nitrogen and oxygen atoms in total. The van der Waals surface area contributed by atoms with Gasteiger partial charge in [-0.3, -0.25) is 9.78 Å². The van der Waals surface area contributed by atoms with Crippen LogP contribution in [0.15, 0.2) is 84.1 Å². The van der Waals surface area contributed by atoms with Crippen LogP contribution in [0.1, 0.15) is 28.4 Å². The Balaban J connectivity index is 1.52. The number of hydrogen-bond acceptors (Lipinski definition) is 4. The Bertz CT molecular complexity index is 1230. The predicted molar refractivity (Wildman–Crippen MR) is 119 cm³/mol. The van der Waals surface area contributed by atoms with Crippen molar-refractivity contribution in [3.63, 3.8) is 0 Å². The maximum Gasteiger partial charge on any atom is 0.255 e. The van der Waals surface area contributed by atoms with Gasteiger partial charge in [-0.15, -0.1) is 11.8 Å². The molecule has 31 heavy (non-hydrogen) atoms. The monoisotopic (exact) mass is 430 g/mol. The third kappa shape index (κ3) is 3.96. The molecule has 0 unspecified atom stereocenters. The van der Waals surface area contributed by atoms with E-state index in [-0.39, 0.29) is 17.8 Å². The summed E-state index contributed by atoms with van der Waals surface area (Å²) < 4.78 is 15.6. The third-order valence-electron chi connectivity index (χ3n) is 5.23. The molecular formula is C24H19FN4OS. The van der Waals surface area contributed by atoms with E-state index >= 15 is 0 Å². The highest BCUT2D eigenvalue weighted by Gasteiger charge is 2.26. The van der Waals surface area contributed by atoms with Gasteiger partial charge in [-0.05, 0) is 54.4 Å². The van der Waals surface area contributed by atoms with Gasteiger partial charge in [0.15, 0.2) is 0 Å². The molecule has 2 aromatic heterocycles. The molecule has 0 saturated heterocycles. The fourth-order valence-corrected chi connectivity index (χ4v) is 4.83. The van der Waals surface area contributed by atoms with Crippen molar-refractivity contribution >= 4 is 17.7 Å². The summed E-state index contributed by atoms with van der Waals surface area (Å²) in [5.74, 6) is 0.323. The normalized spacial score (nSPS) is 15.3. The molecule has 1 amide bonds. The fourth-order valence-electron chi connectivity index (χ4n) is 3.72. The quantitative estimate of drug-likeness (QED) is 0.493. The summed E-state index contributed by atoms with van der Waals surface area (Å²) in [6.45, 7) is 0. The van der Waals surface area contributed by atoms with Crippen LogP contribution >= 0.6 is 11.8 Å². The van der Waals surface area contributed by atoms with E-state index < -0.39 is 0 Å². The second-order valence-electron chi connectivity index (χ2n) is 7.26. The van der Waals surface area contributed by atoms with E-state index in [1.807, 2.05) is 42.5 Å². The predicted octanol–water partition coefficient (Wildman–Crippen LogP) is 5.04. The molecule has 0 fully saturated rings. The van der Waals surface area contributed by atoms with Gasteiger partial charge < -0.3 is 5.32 Å². The number of carbonyl (C=O) groups excluding carboxylic acids is 1. The van der Waals surface area contributed by atoms with Gasteiger partial charge >= 0.3 is 0 Å². The first-order valence-corrected chi connectivity index (χ1v) is 11.0. The van der Waals surface area contributed by atoms with E-state index in [4.69, 9.17) is 0 Å². The van der Waals surface area contributed by atoms with Crippen LogP contribution in [0.2, 0.25) is 0 Å². The number of fused-ring (bicyclic) bond motifs is 1. The molecule has 154 valence electrons. The van der Waals surface area contributed by atoms with Crippen molar-refractivity contribution in [2.45, 2.75) is 17.4 Å². The van der Waals surface area contributed by atoms with Crippen LogP contribution in [-0.4, -0.2) is 26.4 Å². The Morgan fingerprint density at radius 2 is 2.00 bits per heavy atom. The lowest BCUT2D eigenvalue weighted by Gasteiger charge is -2.26. The first-order chi connectivity index (χ1) is 15.2. The highest BCUT2D eigenvalue weighted by Crippen LogP contribution is 2.37. The smallest absolute Gasteiger partial charge is 0.255 e. The molecule has 4 aromatic rings. The molecule has 1 aliphatic heterocycles. The standard InChI is InChI=1S/C24H19FN4OS/c25-17-8-9-22-19(13-17)21(10-12-31-22)27-24(30)20-15-29(18-6-2-1-3-7-18)28-23(20)16-5-4-11-26-14-16/h1-9,11,13-15,21H,10,12H2,(H,27,30)/t21-/m0/s1. The molecule has 0 bridgehead atoms. The second-order valence-corrected chi connectivity index (χ2v) is 8.40. The van der Waals surface area contributed by atoms with E-state index in [0.717, 1.165) is 33.9 Å². The maximum absolute atomic E-state index is 13.9. The molecule has 1 atom stereocenters. The number of aromatic nitrogens is 3. The van der Waals surface area contributed by atoms with Crippen LogP contribution in [0.25, 0.3) is 16.9 Å². The number of halogens is 1. The Morgan fingerprint density at radius 3 is 2.81 bits per heavy atom. The van der Waals surface area contributed by atoms with Gasteiger partial charge in [-0.1, -0.05) is 18.2 Å². The van der Waals surface area contributed by atoms with E-state index in [2.05, 4.69) is 15.4 Å². The van der Waals surface area contributed by atoms with Crippen LogP contribution in [0.3, 0.4) is 0 Å². The number of carbonyl (C=O) groups is 1. The van der Waals surface area contributed by atoms with Gasteiger partial charge in [0.25, 0.3) is 5.91 Å². The van der Waals surface area contributed by atoms with Crippen LogP contribution < -0.4 is 5.32 Å². The summed E-state index contributed by atoms with van der Waals surface area (Å²) in [7, 11) is 0. The van der Waals surface area contributed by atoms with Gasteiger partial charge in [0.05, 0.1) is 17.3 Å². The Labute approximate surface area is 183 Å². The molecule has 1 aliphatic rings. The number of para-hydroxylation sites is 1. The zero-order valence-corrected chi connectivity index (χ0v) is 17.3. The molecule has 0 radical (unpaired) electrons. The summed E-state index contributed by atoms with van der Waals surface area (Å²) in [6.07, 6.45) is 5.85. The summed E-state index contributed by atoms with van der Waals surface area (Å²) in [4.78, 5) is 18.5. The van der Waals surface area contributed by atoms with Gasteiger partial charge in [0.1, 0.15) is 11.5 Å². The molecular weight excluding hydrogens is 411 g/mol. The van der Waals surface area contributed by atoms with Crippen molar-refractivity contribution in [1.82, 2.24) is 20.1 Å². The number of pyridine rings is 1. The number of nitrogens with one attached hydrogen (secondary N) is 1. The van der Waals surface area contributed by atoms with Crippen molar-refractivity contribution in [2.24, 2.45) is 0 Å². The highest BCUT2D eigenvalue weighted by molar-refractivity contribution is 7.99. The first-order valence-electron chi connectivity index (χ1n) is 9.97. The summed E-state index contributed by atoms with van der Waals surface area (Å²) in [6, 6.07) is 17.8. The topological polar surface area (TPSA) is 59.8 Å². The summed E-state index contributed by atoms with van der Waals surface area (Å²) in [5.41, 5.74) is 3.44. The summed E-state index contributed by atoms with van der Waals surface area (Å²) in [5, 5.41) is 7.78. The molecule has 2 aromatic carbocycles. The molecule has 1 N–H and O–H groups in total. The maximum atomic E-state index is 13.9. The largest absolute Gasteiger partial charge is 0.345 e.